The van der Waals surface area contributed by atoms with Crippen molar-refractivity contribution in [1.82, 2.24) is 0 Å². The summed E-state index contributed by atoms with van der Waals surface area (Å²) in [4.78, 5) is 46.5. The molecule has 1 heterocycles. The first-order valence-electron chi connectivity index (χ1n) is 8.23. The van der Waals surface area contributed by atoms with Gasteiger partial charge in [0.05, 0.1) is 19.9 Å². The van der Waals surface area contributed by atoms with Gasteiger partial charge in [0.2, 0.25) is 5.91 Å². The van der Waals surface area contributed by atoms with E-state index >= 15 is 0 Å². The van der Waals surface area contributed by atoms with Crippen LogP contribution in [0.1, 0.15) is 10.4 Å². The zero-order chi connectivity index (χ0) is 21.1. The highest BCUT2D eigenvalue weighted by molar-refractivity contribution is 6.11. The monoisotopic (exact) mass is 397 g/mol. The lowest BCUT2D eigenvalue weighted by atomic mass is 10.0. The van der Waals surface area contributed by atoms with E-state index in [1.54, 1.807) is 18.2 Å². The van der Waals surface area contributed by atoms with Crippen LogP contribution in [0.25, 0.3) is 21.7 Å². The van der Waals surface area contributed by atoms with Gasteiger partial charge in [-0.2, -0.15) is 0 Å². The van der Waals surface area contributed by atoms with Crippen LogP contribution in [0, 0.1) is 0 Å². The first kappa shape index (κ1) is 19.6. The molecule has 0 fully saturated rings. The average Bonchev–Trinajstić information content (AvgIpc) is 2.70. The number of aliphatic carboxylic acids is 1. The van der Waals surface area contributed by atoms with Crippen molar-refractivity contribution in [2.75, 3.05) is 19.5 Å². The normalized spacial score (nSPS) is 11.0. The van der Waals surface area contributed by atoms with Gasteiger partial charge in [-0.25, -0.2) is 14.4 Å². The smallest absolute Gasteiger partial charge is 0.351 e. The number of hydrogen-bond donors (Lipinski definition) is 2. The first-order chi connectivity index (χ1) is 13.8. The number of carboxylic acids is 1. The predicted molar refractivity (Wildman–Crippen MR) is 103 cm³/mol. The lowest BCUT2D eigenvalue weighted by molar-refractivity contribution is -0.131. The van der Waals surface area contributed by atoms with Crippen molar-refractivity contribution in [1.29, 1.82) is 0 Å². The summed E-state index contributed by atoms with van der Waals surface area (Å²) in [5.74, 6) is -2.43. The van der Waals surface area contributed by atoms with Crippen LogP contribution in [-0.2, 0) is 14.3 Å². The number of ether oxygens (including phenoxy) is 2. The van der Waals surface area contributed by atoms with Gasteiger partial charge in [0.25, 0.3) is 0 Å². The van der Waals surface area contributed by atoms with E-state index in [0.29, 0.717) is 28.0 Å². The Morgan fingerprint density at radius 3 is 2.48 bits per heavy atom. The van der Waals surface area contributed by atoms with Crippen LogP contribution in [-0.4, -0.2) is 37.2 Å². The van der Waals surface area contributed by atoms with Crippen molar-refractivity contribution in [2.45, 2.75) is 0 Å². The number of carboxylic acid groups (broad SMARTS) is 1. The number of amides is 1. The Balaban J connectivity index is 2.19. The third kappa shape index (κ3) is 3.93. The van der Waals surface area contributed by atoms with Crippen LogP contribution in [0.5, 0.6) is 5.75 Å². The van der Waals surface area contributed by atoms with E-state index in [4.69, 9.17) is 14.3 Å². The van der Waals surface area contributed by atoms with Crippen molar-refractivity contribution in [2.24, 2.45) is 0 Å². The highest BCUT2D eigenvalue weighted by Crippen LogP contribution is 2.35. The van der Waals surface area contributed by atoms with Crippen molar-refractivity contribution in [3.05, 3.63) is 58.5 Å². The van der Waals surface area contributed by atoms with Crippen LogP contribution >= 0.6 is 0 Å². The van der Waals surface area contributed by atoms with Gasteiger partial charge in [-0.15, -0.1) is 0 Å². The number of methoxy groups -OCH3 is 2. The molecule has 0 saturated heterocycles. The molecule has 3 rings (SSSR count). The molecule has 29 heavy (non-hydrogen) atoms. The molecule has 1 aromatic heterocycles. The van der Waals surface area contributed by atoms with Crippen molar-refractivity contribution < 1.29 is 33.4 Å². The minimum Gasteiger partial charge on any atom is -0.495 e. The number of hydrogen-bond acceptors (Lipinski definition) is 7. The maximum atomic E-state index is 12.1. The van der Waals surface area contributed by atoms with E-state index in [-0.39, 0.29) is 16.8 Å². The van der Waals surface area contributed by atoms with E-state index in [1.807, 2.05) is 0 Å². The molecular formula is C20H15NO8. The summed E-state index contributed by atoms with van der Waals surface area (Å²) in [6, 6.07) is 7.89. The maximum absolute atomic E-state index is 12.1. The van der Waals surface area contributed by atoms with Gasteiger partial charge >= 0.3 is 17.6 Å². The highest BCUT2D eigenvalue weighted by Gasteiger charge is 2.17. The minimum absolute atomic E-state index is 0.181. The summed E-state index contributed by atoms with van der Waals surface area (Å²) in [5.41, 5.74) is -0.645. The molecule has 0 spiro atoms. The van der Waals surface area contributed by atoms with Crippen LogP contribution in [0.15, 0.2) is 51.7 Å². The number of esters is 1. The molecule has 9 heteroatoms. The van der Waals surface area contributed by atoms with Gasteiger partial charge in [-0.1, -0.05) is 6.07 Å². The van der Waals surface area contributed by atoms with Crippen LogP contribution < -0.4 is 15.7 Å². The summed E-state index contributed by atoms with van der Waals surface area (Å²) in [5, 5.41) is 12.8. The molecular weight excluding hydrogens is 382 g/mol. The molecule has 148 valence electrons. The summed E-state index contributed by atoms with van der Waals surface area (Å²) in [6.45, 7) is 0. The Bertz CT molecular complexity index is 1240. The standard InChI is InChI=1S/C20H15NO8/c1-27-14-4-3-10-7-11-8-13(19(25)28-2)20(26)29-15(11)9-12(10)18(14)21-16(22)5-6-17(23)24/h3-9H,1-2H3,(H,21,22)(H,23,24)/b6-5-. The highest BCUT2D eigenvalue weighted by atomic mass is 16.5. The molecule has 9 nitrogen and oxygen atoms in total. The molecule has 2 aromatic carbocycles. The van der Waals surface area contributed by atoms with E-state index in [9.17, 15) is 19.2 Å². The third-order valence-electron chi connectivity index (χ3n) is 4.09. The number of anilines is 1. The third-order valence-corrected chi connectivity index (χ3v) is 4.09. The fraction of sp³-hybridized carbons (Fsp3) is 0.100. The van der Waals surface area contributed by atoms with E-state index in [0.717, 1.165) is 13.2 Å². The fourth-order valence-electron chi connectivity index (χ4n) is 2.78. The van der Waals surface area contributed by atoms with E-state index in [1.165, 1.54) is 19.2 Å². The average molecular weight is 397 g/mol. The van der Waals surface area contributed by atoms with Gasteiger partial charge in [-0.3, -0.25) is 4.79 Å². The summed E-state index contributed by atoms with van der Waals surface area (Å²) < 4.78 is 15.1. The zero-order valence-corrected chi connectivity index (χ0v) is 15.3. The number of fused-ring (bicyclic) bond motifs is 2. The van der Waals surface area contributed by atoms with Gasteiger partial charge in [0.15, 0.2) is 0 Å². The maximum Gasteiger partial charge on any atom is 0.351 e. The lowest BCUT2D eigenvalue weighted by Gasteiger charge is -2.13. The summed E-state index contributed by atoms with van der Waals surface area (Å²) in [6.07, 6.45) is 1.57. The predicted octanol–water partition coefficient (Wildman–Crippen LogP) is 2.32. The van der Waals surface area contributed by atoms with Gasteiger partial charge in [-0.05, 0) is 29.7 Å². The summed E-state index contributed by atoms with van der Waals surface area (Å²) >= 11 is 0. The Kier molecular flexibility index (Phi) is 5.31. The molecule has 2 N–H and O–H groups in total. The Labute approximate surface area is 163 Å². The molecule has 0 aliphatic heterocycles. The SMILES string of the molecule is COC(=O)c1cc2cc3ccc(OC)c(NC(=O)/C=C\C(=O)O)c3cc2oc1=O. The number of rotatable bonds is 5. The zero-order valence-electron chi connectivity index (χ0n) is 15.3. The van der Waals surface area contributed by atoms with Crippen molar-refractivity contribution in [3.8, 4) is 5.75 Å². The summed E-state index contributed by atoms with van der Waals surface area (Å²) in [7, 11) is 2.57. The van der Waals surface area contributed by atoms with Crippen molar-refractivity contribution in [3.63, 3.8) is 0 Å². The van der Waals surface area contributed by atoms with Crippen molar-refractivity contribution >= 4 is 45.3 Å². The molecule has 0 aliphatic rings. The second-order valence-electron chi connectivity index (χ2n) is 5.85. The molecule has 0 saturated carbocycles. The van der Waals surface area contributed by atoms with Gasteiger partial charge in [0.1, 0.15) is 16.9 Å². The minimum atomic E-state index is -1.26. The molecule has 1 amide bonds. The van der Waals surface area contributed by atoms with Gasteiger partial charge in [0, 0.05) is 22.9 Å². The largest absolute Gasteiger partial charge is 0.495 e. The molecule has 0 aliphatic carbocycles. The van der Waals surface area contributed by atoms with Crippen LogP contribution in [0.3, 0.4) is 0 Å². The number of nitrogens with one attached hydrogen (secondary N) is 1. The van der Waals surface area contributed by atoms with Gasteiger partial charge < -0.3 is 24.3 Å². The Hall–Kier alpha value is -4.14. The molecule has 0 radical (unpaired) electrons. The molecule has 0 atom stereocenters. The number of benzene rings is 2. The molecule has 0 bridgehead atoms. The Morgan fingerprint density at radius 2 is 1.83 bits per heavy atom. The van der Waals surface area contributed by atoms with Crippen LogP contribution in [0.4, 0.5) is 5.69 Å². The fourth-order valence-corrected chi connectivity index (χ4v) is 2.78. The van der Waals surface area contributed by atoms with E-state index in [2.05, 4.69) is 10.1 Å². The topological polar surface area (TPSA) is 132 Å². The van der Waals surface area contributed by atoms with Crippen LogP contribution in [0.2, 0.25) is 0 Å². The van der Waals surface area contributed by atoms with E-state index < -0.39 is 23.5 Å². The molecule has 3 aromatic rings. The molecule has 0 unspecified atom stereocenters. The lowest BCUT2D eigenvalue weighted by Crippen LogP contribution is -2.15. The first-order valence-corrected chi connectivity index (χ1v) is 8.23. The Morgan fingerprint density at radius 1 is 1.07 bits per heavy atom. The number of carbonyl (C=O) groups is 3. The second kappa shape index (κ2) is 7.85. The quantitative estimate of drug-likeness (QED) is 0.290. The second-order valence-corrected chi connectivity index (χ2v) is 5.85. The number of carbonyl (C=O) groups excluding carboxylic acids is 2.